The van der Waals surface area contributed by atoms with Gasteiger partial charge in [0, 0.05) is 11.0 Å². The molecule has 0 aliphatic carbocycles. The number of rotatable bonds is 7. The Hall–Kier alpha value is -2.01. The molecule has 1 N–H and O–H groups in total. The van der Waals surface area contributed by atoms with Gasteiger partial charge >= 0.3 is 5.97 Å². The number of methoxy groups -OCH3 is 1. The number of esters is 1. The van der Waals surface area contributed by atoms with Crippen LogP contribution in [0.1, 0.15) is 22.3 Å². The molecule has 0 atom stereocenters. The monoisotopic (exact) mass is 377 g/mol. The lowest BCUT2D eigenvalue weighted by Crippen LogP contribution is -2.12. The number of aryl methyl sites for hydroxylation is 1. The molecule has 2 aromatic rings. The minimum Gasteiger partial charge on any atom is -0.494 e. The number of hydrogen-bond donors (Lipinski definition) is 1. The van der Waals surface area contributed by atoms with E-state index >= 15 is 0 Å². The third kappa shape index (κ3) is 4.99. The highest BCUT2D eigenvalue weighted by Gasteiger charge is 2.15. The van der Waals surface area contributed by atoms with Crippen molar-refractivity contribution in [2.75, 3.05) is 25.6 Å². The lowest BCUT2D eigenvalue weighted by Gasteiger charge is -2.14. The number of hydrogen-bond acceptors (Lipinski definition) is 4. The van der Waals surface area contributed by atoms with Crippen molar-refractivity contribution in [3.8, 4) is 5.75 Å². The molecular formula is C18H20BrNO3. The van der Waals surface area contributed by atoms with Gasteiger partial charge in [0.2, 0.25) is 0 Å². The Kier molecular flexibility index (Phi) is 6.47. The van der Waals surface area contributed by atoms with Crippen molar-refractivity contribution in [2.45, 2.75) is 13.3 Å². The average Bonchev–Trinajstić information content (AvgIpc) is 2.56. The summed E-state index contributed by atoms with van der Waals surface area (Å²) < 4.78 is 11.3. The first kappa shape index (κ1) is 17.3. The van der Waals surface area contributed by atoms with Crippen molar-refractivity contribution in [3.05, 3.63) is 58.1 Å². The normalized spacial score (nSPS) is 10.2. The van der Waals surface area contributed by atoms with E-state index in [1.165, 1.54) is 7.11 Å². The number of carbonyl (C=O) groups excluding carboxylic acids is 1. The van der Waals surface area contributed by atoms with Crippen LogP contribution < -0.4 is 10.1 Å². The highest BCUT2D eigenvalue weighted by Crippen LogP contribution is 2.29. The molecule has 5 heteroatoms. The summed E-state index contributed by atoms with van der Waals surface area (Å²) in [5, 5.41) is 3.28. The molecule has 2 rings (SSSR count). The van der Waals surface area contributed by atoms with Crippen LogP contribution in [0.2, 0.25) is 0 Å². The summed E-state index contributed by atoms with van der Waals surface area (Å²) in [7, 11) is 1.38. The van der Waals surface area contributed by atoms with Crippen molar-refractivity contribution in [1.82, 2.24) is 0 Å². The van der Waals surface area contributed by atoms with Gasteiger partial charge in [0.15, 0.2) is 0 Å². The second-order valence-corrected chi connectivity index (χ2v) is 5.96. The first-order valence-corrected chi connectivity index (χ1v) is 8.21. The van der Waals surface area contributed by atoms with Crippen LogP contribution in [-0.4, -0.2) is 26.2 Å². The fourth-order valence-electron chi connectivity index (χ4n) is 2.19. The zero-order valence-corrected chi connectivity index (χ0v) is 14.9. The fraction of sp³-hybridized carbons (Fsp3) is 0.278. The van der Waals surface area contributed by atoms with Gasteiger partial charge in [-0.2, -0.15) is 0 Å². The smallest absolute Gasteiger partial charge is 0.340 e. The third-order valence-corrected chi connectivity index (χ3v) is 3.90. The van der Waals surface area contributed by atoms with Crippen molar-refractivity contribution < 1.29 is 14.3 Å². The topological polar surface area (TPSA) is 47.6 Å². The molecule has 0 unspecified atom stereocenters. The largest absolute Gasteiger partial charge is 0.494 e. The number of nitrogens with one attached hydrogen (secondary N) is 1. The van der Waals surface area contributed by atoms with E-state index in [0.29, 0.717) is 18.7 Å². The van der Waals surface area contributed by atoms with Gasteiger partial charge in [-0.05, 0) is 59.1 Å². The van der Waals surface area contributed by atoms with Gasteiger partial charge in [-0.15, -0.1) is 0 Å². The molecule has 0 radical (unpaired) electrons. The zero-order chi connectivity index (χ0) is 16.7. The summed E-state index contributed by atoms with van der Waals surface area (Å²) >= 11 is 3.50. The van der Waals surface area contributed by atoms with E-state index in [0.717, 1.165) is 27.9 Å². The Morgan fingerprint density at radius 3 is 2.65 bits per heavy atom. The van der Waals surface area contributed by atoms with Gasteiger partial charge in [0.05, 0.1) is 25.0 Å². The van der Waals surface area contributed by atoms with Crippen molar-refractivity contribution >= 4 is 27.6 Å². The lowest BCUT2D eigenvalue weighted by atomic mass is 10.1. The molecule has 122 valence electrons. The first-order valence-electron chi connectivity index (χ1n) is 7.42. The fourth-order valence-corrected chi connectivity index (χ4v) is 2.90. The Labute approximate surface area is 144 Å². The van der Waals surface area contributed by atoms with Crippen LogP contribution in [0.3, 0.4) is 0 Å². The van der Waals surface area contributed by atoms with Crippen LogP contribution >= 0.6 is 15.9 Å². The van der Waals surface area contributed by atoms with Crippen molar-refractivity contribution in [3.63, 3.8) is 0 Å². The molecule has 0 aliphatic rings. The Bertz CT molecular complexity index is 659. The van der Waals surface area contributed by atoms with Crippen LogP contribution in [0.15, 0.2) is 46.9 Å². The van der Waals surface area contributed by atoms with Gasteiger partial charge in [-0.25, -0.2) is 4.79 Å². The van der Waals surface area contributed by atoms with Crippen LogP contribution in [-0.2, 0) is 4.74 Å². The molecule has 2 aromatic carbocycles. The number of anilines is 1. The second-order valence-electron chi connectivity index (χ2n) is 5.10. The number of benzene rings is 2. The molecule has 0 fully saturated rings. The van der Waals surface area contributed by atoms with Crippen LogP contribution in [0.25, 0.3) is 0 Å². The lowest BCUT2D eigenvalue weighted by molar-refractivity contribution is 0.0601. The summed E-state index contributed by atoms with van der Waals surface area (Å²) in [6.45, 7) is 3.24. The maximum Gasteiger partial charge on any atom is 0.340 e. The molecule has 0 saturated heterocycles. The predicted octanol–water partition coefficient (Wildman–Crippen LogP) is 4.43. The SMILES string of the molecule is COC(=O)c1cc(C)cc(Br)c1NCCCOc1ccccc1. The van der Waals surface area contributed by atoms with Gasteiger partial charge in [0.25, 0.3) is 0 Å². The summed E-state index contributed by atoms with van der Waals surface area (Å²) in [6, 6.07) is 13.5. The minimum absolute atomic E-state index is 0.350. The van der Waals surface area contributed by atoms with Gasteiger partial charge in [0.1, 0.15) is 5.75 Å². The molecule has 0 amide bonds. The van der Waals surface area contributed by atoms with E-state index in [1.807, 2.05) is 49.4 Å². The summed E-state index contributed by atoms with van der Waals surface area (Å²) in [4.78, 5) is 11.9. The molecule has 0 spiro atoms. The molecule has 4 nitrogen and oxygen atoms in total. The number of halogens is 1. The third-order valence-electron chi connectivity index (χ3n) is 3.27. The van der Waals surface area contributed by atoms with Crippen molar-refractivity contribution in [1.29, 1.82) is 0 Å². The van der Waals surface area contributed by atoms with E-state index in [2.05, 4.69) is 21.2 Å². The molecular weight excluding hydrogens is 358 g/mol. The Morgan fingerprint density at radius 2 is 1.96 bits per heavy atom. The molecule has 0 saturated carbocycles. The van der Waals surface area contributed by atoms with Crippen LogP contribution in [0.5, 0.6) is 5.75 Å². The van der Waals surface area contributed by atoms with E-state index < -0.39 is 0 Å². The summed E-state index contributed by atoms with van der Waals surface area (Å²) in [6.07, 6.45) is 0.815. The van der Waals surface area contributed by atoms with Crippen LogP contribution in [0.4, 0.5) is 5.69 Å². The maximum absolute atomic E-state index is 11.9. The van der Waals surface area contributed by atoms with E-state index in [9.17, 15) is 4.79 Å². The van der Waals surface area contributed by atoms with Crippen molar-refractivity contribution in [2.24, 2.45) is 0 Å². The highest BCUT2D eigenvalue weighted by atomic mass is 79.9. The minimum atomic E-state index is -0.350. The van der Waals surface area contributed by atoms with Gasteiger partial charge in [-0.3, -0.25) is 0 Å². The Balaban J connectivity index is 1.91. The van der Waals surface area contributed by atoms with E-state index in [4.69, 9.17) is 9.47 Å². The molecule has 0 aromatic heterocycles. The predicted molar refractivity (Wildman–Crippen MR) is 95.3 cm³/mol. The number of carbonyl (C=O) groups is 1. The zero-order valence-electron chi connectivity index (χ0n) is 13.3. The van der Waals surface area contributed by atoms with Crippen LogP contribution in [0, 0.1) is 6.92 Å². The summed E-state index contributed by atoms with van der Waals surface area (Å²) in [5.74, 6) is 0.511. The molecule has 0 heterocycles. The molecule has 23 heavy (non-hydrogen) atoms. The van der Waals surface area contributed by atoms with Gasteiger partial charge in [-0.1, -0.05) is 18.2 Å². The summed E-state index contributed by atoms with van der Waals surface area (Å²) in [5.41, 5.74) is 2.28. The van der Waals surface area contributed by atoms with E-state index in [-0.39, 0.29) is 5.97 Å². The first-order chi connectivity index (χ1) is 11.1. The number of ether oxygens (including phenoxy) is 2. The Morgan fingerprint density at radius 1 is 1.22 bits per heavy atom. The quantitative estimate of drug-likeness (QED) is 0.572. The second kappa shape index (κ2) is 8.58. The average molecular weight is 378 g/mol. The van der Waals surface area contributed by atoms with E-state index in [1.54, 1.807) is 0 Å². The van der Waals surface area contributed by atoms with Gasteiger partial charge < -0.3 is 14.8 Å². The highest BCUT2D eigenvalue weighted by molar-refractivity contribution is 9.10. The maximum atomic E-state index is 11.9. The molecule has 0 bridgehead atoms. The molecule has 0 aliphatic heterocycles. The standard InChI is InChI=1S/C18H20BrNO3/c1-13-11-15(18(21)22-2)17(16(19)12-13)20-9-6-10-23-14-7-4-3-5-8-14/h3-5,7-8,11-12,20H,6,9-10H2,1-2H3. The number of para-hydroxylation sites is 1.